The lowest BCUT2D eigenvalue weighted by atomic mass is 10.1. The molecule has 3 atom stereocenters. The van der Waals surface area contributed by atoms with Crippen molar-refractivity contribution in [1.82, 2.24) is 5.32 Å². The molecule has 0 radical (unpaired) electrons. The normalized spacial score (nSPS) is 14.9. The predicted molar refractivity (Wildman–Crippen MR) is 134 cm³/mol. The molecule has 0 saturated heterocycles. The summed E-state index contributed by atoms with van der Waals surface area (Å²) in [6, 6.07) is -1.07. The first-order chi connectivity index (χ1) is 15.8. The molecule has 4 N–H and O–H groups in total. The maximum Gasteiger partial charge on any atom is 0.327 e. The van der Waals surface area contributed by atoms with E-state index in [9.17, 15) is 24.6 Å². The zero-order valence-corrected chi connectivity index (χ0v) is 20.5. The number of rotatable bonds is 19. The molecule has 0 bridgehead atoms. The summed E-state index contributed by atoms with van der Waals surface area (Å²) in [5.74, 6) is -2.44. The molecule has 0 heterocycles. The lowest BCUT2D eigenvalue weighted by molar-refractivity contribution is -0.140. The summed E-state index contributed by atoms with van der Waals surface area (Å²) in [6.45, 7) is 3.44. The number of carboxylic acid groups (broad SMARTS) is 2. The van der Waals surface area contributed by atoms with Crippen molar-refractivity contribution >= 4 is 29.6 Å². The molecule has 1 amide bonds. The van der Waals surface area contributed by atoms with Gasteiger partial charge in [-0.1, -0.05) is 68.4 Å². The van der Waals surface area contributed by atoms with Crippen LogP contribution in [0.2, 0.25) is 0 Å². The van der Waals surface area contributed by atoms with Gasteiger partial charge in [-0.05, 0) is 32.1 Å². The van der Waals surface area contributed by atoms with Crippen molar-refractivity contribution in [1.29, 1.82) is 0 Å². The molecule has 0 rings (SSSR count). The van der Waals surface area contributed by atoms with Crippen LogP contribution in [0.1, 0.15) is 65.2 Å². The molecular formula is C25H39NO6S. The van der Waals surface area contributed by atoms with Crippen LogP contribution in [0.25, 0.3) is 0 Å². The molecule has 0 unspecified atom stereocenters. The molecular weight excluding hydrogens is 442 g/mol. The summed E-state index contributed by atoms with van der Waals surface area (Å²) in [5.41, 5.74) is 0. The number of aliphatic hydroxyl groups excluding tert-OH is 1. The number of hydrogen-bond donors (Lipinski definition) is 4. The van der Waals surface area contributed by atoms with Crippen LogP contribution in [0.4, 0.5) is 0 Å². The van der Waals surface area contributed by atoms with E-state index in [1.54, 1.807) is 12.2 Å². The minimum absolute atomic E-state index is 0.0421. The smallest absolute Gasteiger partial charge is 0.327 e. The van der Waals surface area contributed by atoms with Crippen LogP contribution in [-0.4, -0.2) is 56.3 Å². The summed E-state index contributed by atoms with van der Waals surface area (Å²) in [7, 11) is 0. The maximum atomic E-state index is 11.3. The predicted octanol–water partition coefficient (Wildman–Crippen LogP) is 4.49. The van der Waals surface area contributed by atoms with Crippen molar-refractivity contribution in [3.8, 4) is 0 Å². The average molecular weight is 482 g/mol. The maximum absolute atomic E-state index is 11.3. The largest absolute Gasteiger partial charge is 0.481 e. The Labute approximate surface area is 201 Å². The van der Waals surface area contributed by atoms with Crippen molar-refractivity contribution in [2.24, 2.45) is 0 Å². The Kier molecular flexibility index (Phi) is 18.9. The molecule has 0 aromatic heterocycles. The molecule has 0 aromatic carbocycles. The zero-order chi connectivity index (χ0) is 24.9. The first-order valence-corrected chi connectivity index (χ1v) is 12.5. The second-order valence-corrected chi connectivity index (χ2v) is 8.85. The Morgan fingerprint density at radius 3 is 2.33 bits per heavy atom. The van der Waals surface area contributed by atoms with Crippen LogP contribution >= 0.6 is 11.8 Å². The fourth-order valence-corrected chi connectivity index (χ4v) is 4.01. The van der Waals surface area contributed by atoms with E-state index in [1.807, 2.05) is 24.3 Å². The zero-order valence-electron chi connectivity index (χ0n) is 19.7. The van der Waals surface area contributed by atoms with E-state index in [1.165, 1.54) is 37.9 Å². The quantitative estimate of drug-likeness (QED) is 0.122. The third-order valence-electron chi connectivity index (χ3n) is 4.58. The lowest BCUT2D eigenvalue weighted by Crippen LogP contribution is -2.42. The van der Waals surface area contributed by atoms with E-state index in [0.29, 0.717) is 6.42 Å². The topological polar surface area (TPSA) is 124 Å². The van der Waals surface area contributed by atoms with Crippen molar-refractivity contribution in [2.45, 2.75) is 82.6 Å². The van der Waals surface area contributed by atoms with Gasteiger partial charge in [0.25, 0.3) is 0 Å². The van der Waals surface area contributed by atoms with Gasteiger partial charge >= 0.3 is 11.9 Å². The highest BCUT2D eigenvalue weighted by Crippen LogP contribution is 2.21. The van der Waals surface area contributed by atoms with E-state index in [4.69, 9.17) is 5.11 Å². The van der Waals surface area contributed by atoms with Gasteiger partial charge in [0.1, 0.15) is 6.04 Å². The Morgan fingerprint density at radius 2 is 1.70 bits per heavy atom. The SMILES string of the molecule is CCCCCC=CCC=CC=CC=C[C@@H](SC[C@H](NC(C)=O)C(=O)O)[C@@H](O)CCCC(=O)O. The van der Waals surface area contributed by atoms with Crippen molar-refractivity contribution in [2.75, 3.05) is 5.75 Å². The number of unbranched alkanes of at least 4 members (excludes halogenated alkanes) is 3. The van der Waals surface area contributed by atoms with E-state index >= 15 is 0 Å². The third kappa shape index (κ3) is 18.9. The average Bonchev–Trinajstić information content (AvgIpc) is 2.74. The van der Waals surface area contributed by atoms with Gasteiger partial charge in [0.15, 0.2) is 0 Å². The van der Waals surface area contributed by atoms with Gasteiger partial charge < -0.3 is 20.6 Å². The molecule has 7 nitrogen and oxygen atoms in total. The van der Waals surface area contributed by atoms with Crippen LogP contribution < -0.4 is 5.32 Å². The van der Waals surface area contributed by atoms with Gasteiger partial charge in [-0.15, -0.1) is 11.8 Å². The molecule has 33 heavy (non-hydrogen) atoms. The minimum atomic E-state index is -1.15. The summed E-state index contributed by atoms with van der Waals surface area (Å²) in [4.78, 5) is 33.3. The monoisotopic (exact) mass is 481 g/mol. The van der Waals surface area contributed by atoms with Crippen LogP contribution in [0, 0.1) is 0 Å². The standard InChI is InChI=1S/C25H39NO6S/c1-3-4-5-6-7-8-9-10-11-12-13-14-17-23(22(28)16-15-18-24(29)30)33-19-21(25(31)32)26-20(2)27/h7-8,10-14,17,21-23,28H,3-6,9,15-16,18-19H2,1-2H3,(H,26,27)(H,29,30)(H,31,32)/t21-,22-,23+/m0/s1. The molecule has 0 saturated carbocycles. The Morgan fingerprint density at radius 1 is 0.970 bits per heavy atom. The number of nitrogens with one attached hydrogen (secondary N) is 1. The van der Waals surface area contributed by atoms with Crippen LogP contribution in [0.5, 0.6) is 0 Å². The van der Waals surface area contributed by atoms with E-state index in [2.05, 4.69) is 24.4 Å². The van der Waals surface area contributed by atoms with Crippen LogP contribution in [-0.2, 0) is 14.4 Å². The molecule has 0 spiro atoms. The fourth-order valence-electron chi connectivity index (χ4n) is 2.81. The molecule has 0 aliphatic carbocycles. The number of carboxylic acids is 2. The highest BCUT2D eigenvalue weighted by Gasteiger charge is 2.23. The van der Waals surface area contributed by atoms with E-state index in [-0.39, 0.29) is 18.6 Å². The number of carbonyl (C=O) groups excluding carboxylic acids is 1. The second-order valence-electron chi connectivity index (χ2n) is 7.64. The molecule has 8 heteroatoms. The molecule has 0 aliphatic heterocycles. The van der Waals surface area contributed by atoms with Crippen molar-refractivity contribution in [3.05, 3.63) is 48.6 Å². The fraction of sp³-hybridized carbons (Fsp3) is 0.560. The number of thioether (sulfide) groups is 1. The number of allylic oxidation sites excluding steroid dienone is 7. The first-order valence-electron chi connectivity index (χ1n) is 11.4. The number of aliphatic carboxylic acids is 2. The number of carbonyl (C=O) groups is 3. The Balaban J connectivity index is 4.78. The molecule has 0 fully saturated rings. The van der Waals surface area contributed by atoms with Crippen LogP contribution in [0.3, 0.4) is 0 Å². The Bertz CT molecular complexity index is 686. The third-order valence-corrected chi connectivity index (χ3v) is 5.97. The highest BCUT2D eigenvalue weighted by molar-refractivity contribution is 8.00. The van der Waals surface area contributed by atoms with Crippen molar-refractivity contribution < 1.29 is 29.7 Å². The highest BCUT2D eigenvalue weighted by atomic mass is 32.2. The number of hydrogen-bond acceptors (Lipinski definition) is 5. The Hall–Kier alpha value is -2.32. The lowest BCUT2D eigenvalue weighted by Gasteiger charge is -2.21. The number of aliphatic hydroxyl groups is 1. The first kappa shape index (κ1) is 30.7. The summed E-state index contributed by atoms with van der Waals surface area (Å²) < 4.78 is 0. The summed E-state index contributed by atoms with van der Waals surface area (Å²) >= 11 is 1.21. The van der Waals surface area contributed by atoms with Crippen LogP contribution in [0.15, 0.2) is 48.6 Å². The van der Waals surface area contributed by atoms with Gasteiger partial charge in [0.2, 0.25) is 5.91 Å². The van der Waals surface area contributed by atoms with Gasteiger partial charge in [-0.2, -0.15) is 0 Å². The van der Waals surface area contributed by atoms with Crippen molar-refractivity contribution in [3.63, 3.8) is 0 Å². The number of amides is 1. The second kappa shape index (κ2) is 20.3. The molecule has 0 aromatic rings. The summed E-state index contributed by atoms with van der Waals surface area (Å²) in [6.07, 6.45) is 20.9. The van der Waals surface area contributed by atoms with Gasteiger partial charge in [-0.3, -0.25) is 9.59 Å². The molecule has 0 aliphatic rings. The van der Waals surface area contributed by atoms with Gasteiger partial charge in [-0.25, -0.2) is 4.79 Å². The van der Waals surface area contributed by atoms with Gasteiger partial charge in [0.05, 0.1) is 6.10 Å². The molecule has 186 valence electrons. The minimum Gasteiger partial charge on any atom is -0.481 e. The summed E-state index contributed by atoms with van der Waals surface area (Å²) in [5, 5.41) is 30.5. The van der Waals surface area contributed by atoms with E-state index < -0.39 is 35.2 Å². The van der Waals surface area contributed by atoms with Gasteiger partial charge in [0, 0.05) is 24.3 Å². The van der Waals surface area contributed by atoms with E-state index in [0.717, 1.165) is 12.8 Å².